The Balaban J connectivity index is 1.07. The van der Waals surface area contributed by atoms with Crippen molar-refractivity contribution in [3.8, 4) is 0 Å². The van der Waals surface area contributed by atoms with E-state index in [1.165, 1.54) is 69.5 Å². The first-order valence-electron chi connectivity index (χ1n) is 18.2. The molecule has 0 bridgehead atoms. The summed E-state index contributed by atoms with van der Waals surface area (Å²) < 4.78 is 12.0. The molecule has 44 heavy (non-hydrogen) atoms. The molecule has 1 aliphatic heterocycles. The van der Waals surface area contributed by atoms with E-state index >= 15 is 0 Å². The Labute approximate surface area is 272 Å². The van der Waals surface area contributed by atoms with Gasteiger partial charge in [-0.05, 0) is 116 Å². The normalized spacial score (nSPS) is 44.5. The van der Waals surface area contributed by atoms with Crippen molar-refractivity contribution in [2.24, 2.45) is 46.3 Å². The Morgan fingerprint density at radius 3 is 2.48 bits per heavy atom. The van der Waals surface area contributed by atoms with Gasteiger partial charge in [0.1, 0.15) is 29.9 Å². The molecule has 5 rings (SSSR count). The van der Waals surface area contributed by atoms with Crippen LogP contribution in [0.4, 0.5) is 0 Å². The minimum absolute atomic E-state index is 0.320. The second-order valence-corrected chi connectivity index (χ2v) is 17.5. The molecule has 6 nitrogen and oxygen atoms in total. The molecule has 0 amide bonds. The van der Waals surface area contributed by atoms with Crippen LogP contribution in [-0.4, -0.2) is 75.3 Å². The number of hydrogen-bond acceptors (Lipinski definition) is 7. The Morgan fingerprint density at radius 2 is 1.73 bits per heavy atom. The zero-order chi connectivity index (χ0) is 31.6. The minimum Gasteiger partial charge on any atom is -0.394 e. The molecule has 0 aromatic carbocycles. The van der Waals surface area contributed by atoms with Crippen LogP contribution in [0.1, 0.15) is 118 Å². The average molecular weight is 637 g/mol. The largest absolute Gasteiger partial charge is 0.394 e. The molecule has 3 saturated carbocycles. The van der Waals surface area contributed by atoms with Gasteiger partial charge >= 0.3 is 0 Å². The van der Waals surface area contributed by atoms with Crippen molar-refractivity contribution in [2.75, 3.05) is 19.0 Å². The number of thioether (sulfide) groups is 1. The molecule has 0 aromatic rings. The van der Waals surface area contributed by atoms with Gasteiger partial charge in [-0.3, -0.25) is 0 Å². The highest BCUT2D eigenvalue weighted by Crippen LogP contribution is 2.67. The lowest BCUT2D eigenvalue weighted by Gasteiger charge is -2.58. The van der Waals surface area contributed by atoms with Crippen molar-refractivity contribution in [3.63, 3.8) is 0 Å². The fourth-order valence-electron chi connectivity index (χ4n) is 10.7. The van der Waals surface area contributed by atoms with Crippen molar-refractivity contribution in [1.29, 1.82) is 0 Å². The van der Waals surface area contributed by atoms with E-state index in [-0.39, 0.29) is 6.61 Å². The van der Waals surface area contributed by atoms with E-state index in [0.29, 0.717) is 16.9 Å². The fraction of sp³-hybridized carbons (Fsp3) is 0.946. The molecule has 4 N–H and O–H groups in total. The monoisotopic (exact) mass is 636 g/mol. The maximum absolute atomic E-state index is 10.2. The van der Waals surface area contributed by atoms with Gasteiger partial charge in [-0.15, -0.1) is 11.8 Å². The lowest BCUT2D eigenvalue weighted by Crippen LogP contribution is -2.57. The molecule has 254 valence electrons. The van der Waals surface area contributed by atoms with Gasteiger partial charge in [0.2, 0.25) is 0 Å². The van der Waals surface area contributed by atoms with Crippen molar-refractivity contribution >= 4 is 11.8 Å². The van der Waals surface area contributed by atoms with E-state index < -0.39 is 29.9 Å². The summed E-state index contributed by atoms with van der Waals surface area (Å²) >= 11 is 1.43. The topological polar surface area (TPSA) is 99.4 Å². The molecule has 0 radical (unpaired) electrons. The van der Waals surface area contributed by atoms with Crippen molar-refractivity contribution in [2.45, 2.75) is 154 Å². The fourth-order valence-corrected chi connectivity index (χ4v) is 11.8. The Kier molecular flexibility index (Phi) is 11.9. The molecular formula is C37H64O6S. The molecule has 4 fully saturated rings. The SMILES string of the molecule is CC(C)CCC[C@@H](C)[C@H]1CC[C@H]2[C@@H]3CC=C4CC(OCCCCS[C@@H]5O[C@H](CO)[C@@H](O)[C@H](O)[C@@H]5O)CC[C@]4(C)[C@H]3CC[C@]12C. The summed E-state index contributed by atoms with van der Waals surface area (Å²) in [5.41, 5.74) is 1.94. The van der Waals surface area contributed by atoms with E-state index in [1.807, 2.05) is 0 Å². The Morgan fingerprint density at radius 1 is 0.932 bits per heavy atom. The molecule has 1 unspecified atom stereocenters. The first kappa shape index (κ1) is 35.2. The summed E-state index contributed by atoms with van der Waals surface area (Å²) in [5, 5.41) is 39.6. The predicted octanol–water partition coefficient (Wildman–Crippen LogP) is 6.73. The number of rotatable bonds is 13. The highest BCUT2D eigenvalue weighted by molar-refractivity contribution is 7.99. The van der Waals surface area contributed by atoms with E-state index in [2.05, 4.69) is 40.7 Å². The highest BCUT2D eigenvalue weighted by atomic mass is 32.2. The van der Waals surface area contributed by atoms with Gasteiger partial charge in [-0.2, -0.15) is 0 Å². The van der Waals surface area contributed by atoms with E-state index in [1.54, 1.807) is 5.57 Å². The first-order valence-corrected chi connectivity index (χ1v) is 19.3. The second-order valence-electron chi connectivity index (χ2n) is 16.3. The molecule has 13 atom stereocenters. The average Bonchev–Trinajstić information content (AvgIpc) is 3.35. The van der Waals surface area contributed by atoms with Crippen LogP contribution in [0.5, 0.6) is 0 Å². The summed E-state index contributed by atoms with van der Waals surface area (Å²) in [6.45, 7) is 13.0. The molecule has 1 heterocycles. The Hall–Kier alpha value is -0.150. The Bertz CT molecular complexity index is 956. The lowest BCUT2D eigenvalue weighted by molar-refractivity contribution is -0.205. The van der Waals surface area contributed by atoms with Gasteiger partial charge < -0.3 is 29.9 Å². The van der Waals surface area contributed by atoms with Gasteiger partial charge in [-0.1, -0.05) is 65.5 Å². The summed E-state index contributed by atoms with van der Waals surface area (Å²) in [7, 11) is 0. The van der Waals surface area contributed by atoms with Crippen LogP contribution >= 0.6 is 11.8 Å². The third-order valence-corrected chi connectivity index (χ3v) is 14.5. The van der Waals surface area contributed by atoms with E-state index in [9.17, 15) is 20.4 Å². The number of hydrogen-bond donors (Lipinski definition) is 4. The number of fused-ring (bicyclic) bond motifs is 5. The smallest absolute Gasteiger partial charge is 0.132 e. The summed E-state index contributed by atoms with van der Waals surface area (Å²) in [6.07, 6.45) is 15.0. The van der Waals surface area contributed by atoms with Gasteiger partial charge in [0.15, 0.2) is 0 Å². The number of ether oxygens (including phenoxy) is 2. The molecule has 7 heteroatoms. The highest BCUT2D eigenvalue weighted by Gasteiger charge is 2.59. The van der Waals surface area contributed by atoms with Crippen LogP contribution in [-0.2, 0) is 9.47 Å². The molecule has 1 saturated heterocycles. The van der Waals surface area contributed by atoms with Crippen molar-refractivity contribution in [3.05, 3.63) is 11.6 Å². The molecule has 4 aliphatic carbocycles. The quantitative estimate of drug-likeness (QED) is 0.132. The number of aliphatic hydroxyl groups excluding tert-OH is 4. The second kappa shape index (κ2) is 15.0. The lowest BCUT2D eigenvalue weighted by atomic mass is 9.47. The number of aliphatic hydroxyl groups is 4. The minimum atomic E-state index is -1.30. The van der Waals surface area contributed by atoms with Gasteiger partial charge in [0, 0.05) is 6.61 Å². The van der Waals surface area contributed by atoms with Crippen molar-refractivity contribution < 1.29 is 29.9 Å². The van der Waals surface area contributed by atoms with Crippen LogP contribution in [0.25, 0.3) is 0 Å². The van der Waals surface area contributed by atoms with Gasteiger partial charge in [-0.25, -0.2) is 0 Å². The van der Waals surface area contributed by atoms with Crippen LogP contribution in [0, 0.1) is 46.3 Å². The van der Waals surface area contributed by atoms with Crippen LogP contribution in [0.15, 0.2) is 11.6 Å². The summed E-state index contributed by atoms with van der Waals surface area (Å²) in [5.74, 6) is 5.99. The van der Waals surface area contributed by atoms with Crippen LogP contribution < -0.4 is 0 Å². The predicted molar refractivity (Wildman–Crippen MR) is 178 cm³/mol. The summed E-state index contributed by atoms with van der Waals surface area (Å²) in [6, 6.07) is 0. The third kappa shape index (κ3) is 7.15. The molecule has 5 aliphatic rings. The van der Waals surface area contributed by atoms with Gasteiger partial charge in [0.05, 0.1) is 12.7 Å². The maximum Gasteiger partial charge on any atom is 0.132 e. The zero-order valence-electron chi connectivity index (χ0n) is 28.3. The number of unbranched alkanes of at least 4 members (excludes halogenated alkanes) is 1. The zero-order valence-corrected chi connectivity index (χ0v) is 29.1. The third-order valence-electron chi connectivity index (χ3n) is 13.3. The molecule has 0 aromatic heterocycles. The number of allylic oxidation sites excluding steroid dienone is 1. The van der Waals surface area contributed by atoms with E-state index in [4.69, 9.17) is 9.47 Å². The standard InChI is InChI=1S/C37H64O6S/c1-23(2)9-8-10-24(3)28-13-14-29-27-12-11-25-21-26(15-17-36(25,4)30(27)16-18-37(28,29)5)42-19-6-7-20-44-35-34(41)33(40)32(39)31(22-38)43-35/h11,23-24,26-35,38-41H,6-10,12-22H2,1-5H3/t24-,26?,27+,28-,29+,30+,31-,32-,33+,34+,35+,36+,37-/m1/s1. The maximum atomic E-state index is 10.2. The first-order chi connectivity index (χ1) is 21.0. The van der Waals surface area contributed by atoms with Crippen LogP contribution in [0.2, 0.25) is 0 Å². The van der Waals surface area contributed by atoms with Crippen LogP contribution in [0.3, 0.4) is 0 Å². The summed E-state index contributed by atoms with van der Waals surface area (Å²) in [4.78, 5) is 0. The van der Waals surface area contributed by atoms with Crippen molar-refractivity contribution in [1.82, 2.24) is 0 Å². The van der Waals surface area contributed by atoms with Gasteiger partial charge in [0.25, 0.3) is 0 Å². The van der Waals surface area contributed by atoms with E-state index in [0.717, 1.165) is 73.6 Å². The molecular weight excluding hydrogens is 572 g/mol. The molecule has 0 spiro atoms.